The maximum Gasteiger partial charge on any atom is 0.346 e. The zero-order valence-corrected chi connectivity index (χ0v) is 11.9. The van der Waals surface area contributed by atoms with Gasteiger partial charge in [-0.2, -0.15) is 0 Å². The van der Waals surface area contributed by atoms with Crippen molar-refractivity contribution >= 4 is 32.3 Å². The van der Waals surface area contributed by atoms with Gasteiger partial charge in [0.2, 0.25) is 0 Å². The molecule has 106 valence electrons. The van der Waals surface area contributed by atoms with Gasteiger partial charge in [0, 0.05) is 0 Å². The van der Waals surface area contributed by atoms with Crippen molar-refractivity contribution in [2.75, 3.05) is 4.72 Å². The Morgan fingerprint density at radius 1 is 1.30 bits per heavy atom. The van der Waals surface area contributed by atoms with Crippen LogP contribution in [-0.2, 0) is 10.0 Å². The van der Waals surface area contributed by atoms with Crippen molar-refractivity contribution in [1.82, 2.24) is 0 Å². The molecule has 0 atom stereocenters. The van der Waals surface area contributed by atoms with Crippen LogP contribution in [0.3, 0.4) is 0 Å². The minimum atomic E-state index is -3.86. The number of aromatic carboxylic acids is 1. The third-order valence-corrected chi connectivity index (χ3v) is 5.12. The van der Waals surface area contributed by atoms with Crippen LogP contribution in [0.4, 0.5) is 9.39 Å². The number of aryl methyl sites for hydroxylation is 1. The molecule has 0 spiro atoms. The van der Waals surface area contributed by atoms with Gasteiger partial charge >= 0.3 is 5.97 Å². The molecule has 0 saturated carbocycles. The fourth-order valence-electron chi connectivity index (χ4n) is 1.55. The molecule has 5 nitrogen and oxygen atoms in total. The molecule has 0 aliphatic heterocycles. The number of rotatable bonds is 4. The summed E-state index contributed by atoms with van der Waals surface area (Å²) in [5.74, 6) is -1.65. The van der Waals surface area contributed by atoms with Gasteiger partial charge in [-0.25, -0.2) is 17.6 Å². The summed E-state index contributed by atoms with van der Waals surface area (Å²) in [6.07, 6.45) is 0. The molecule has 8 heteroatoms. The Labute approximate surface area is 118 Å². The van der Waals surface area contributed by atoms with E-state index in [1.807, 2.05) is 0 Å². The van der Waals surface area contributed by atoms with Gasteiger partial charge in [-0.3, -0.25) is 4.72 Å². The predicted octanol–water partition coefficient (Wildman–Crippen LogP) is 2.69. The van der Waals surface area contributed by atoms with Crippen molar-refractivity contribution in [2.24, 2.45) is 0 Å². The van der Waals surface area contributed by atoms with Crippen LogP contribution >= 0.6 is 11.3 Å². The van der Waals surface area contributed by atoms with Gasteiger partial charge in [0.1, 0.15) is 15.7 Å². The van der Waals surface area contributed by atoms with E-state index < -0.39 is 21.8 Å². The highest BCUT2D eigenvalue weighted by molar-refractivity contribution is 7.93. The number of nitrogens with one attached hydrogen (secondary N) is 1. The van der Waals surface area contributed by atoms with Gasteiger partial charge in [0.05, 0.1) is 4.90 Å². The number of hydrogen-bond acceptors (Lipinski definition) is 4. The number of hydrogen-bond donors (Lipinski definition) is 2. The largest absolute Gasteiger partial charge is 0.477 e. The first-order valence-corrected chi connectivity index (χ1v) is 7.71. The predicted molar refractivity (Wildman–Crippen MR) is 73.2 cm³/mol. The van der Waals surface area contributed by atoms with Crippen molar-refractivity contribution < 1.29 is 22.7 Å². The van der Waals surface area contributed by atoms with Gasteiger partial charge in [-0.05, 0) is 42.8 Å². The number of anilines is 1. The van der Waals surface area contributed by atoms with Crippen LogP contribution in [-0.4, -0.2) is 19.5 Å². The van der Waals surface area contributed by atoms with Gasteiger partial charge in [-0.15, -0.1) is 11.3 Å². The lowest BCUT2D eigenvalue weighted by Gasteiger charge is -2.05. The van der Waals surface area contributed by atoms with E-state index in [9.17, 15) is 17.6 Å². The summed E-state index contributed by atoms with van der Waals surface area (Å²) in [4.78, 5) is 10.9. The number of thiophene rings is 1. The number of carbonyl (C=O) groups is 1. The van der Waals surface area contributed by atoms with Crippen LogP contribution in [0.2, 0.25) is 0 Å². The molecule has 0 bridgehead atoms. The van der Waals surface area contributed by atoms with Crippen LogP contribution in [0.5, 0.6) is 0 Å². The average Bonchev–Trinajstić information content (AvgIpc) is 2.70. The van der Waals surface area contributed by atoms with E-state index in [4.69, 9.17) is 5.11 Å². The Bertz CT molecular complexity index is 750. The van der Waals surface area contributed by atoms with Gasteiger partial charge < -0.3 is 5.11 Å². The zero-order chi connectivity index (χ0) is 14.9. The summed E-state index contributed by atoms with van der Waals surface area (Å²) in [6.45, 7) is 1.58. The normalized spacial score (nSPS) is 11.3. The Balaban J connectivity index is 2.31. The maximum absolute atomic E-state index is 12.8. The quantitative estimate of drug-likeness (QED) is 0.908. The van der Waals surface area contributed by atoms with Crippen LogP contribution < -0.4 is 4.72 Å². The van der Waals surface area contributed by atoms with E-state index in [2.05, 4.69) is 4.72 Å². The van der Waals surface area contributed by atoms with E-state index in [1.165, 1.54) is 6.07 Å². The fraction of sp³-hybridized carbons (Fsp3) is 0.0833. The maximum atomic E-state index is 12.8. The van der Waals surface area contributed by atoms with E-state index in [0.29, 0.717) is 5.56 Å². The Kier molecular flexibility index (Phi) is 3.78. The molecule has 0 saturated heterocycles. The summed E-state index contributed by atoms with van der Waals surface area (Å²) < 4.78 is 39.1. The molecule has 1 heterocycles. The van der Waals surface area contributed by atoms with Crippen molar-refractivity contribution in [3.8, 4) is 0 Å². The van der Waals surface area contributed by atoms with Gasteiger partial charge in [0.25, 0.3) is 10.0 Å². The molecule has 0 unspecified atom stereocenters. The molecule has 1 aromatic heterocycles. The lowest BCUT2D eigenvalue weighted by atomic mass is 10.3. The summed E-state index contributed by atoms with van der Waals surface area (Å²) in [7, 11) is -3.86. The summed E-state index contributed by atoms with van der Waals surface area (Å²) >= 11 is 0.828. The molecule has 0 radical (unpaired) electrons. The molecule has 0 aliphatic carbocycles. The molecule has 0 amide bonds. The van der Waals surface area contributed by atoms with Crippen molar-refractivity contribution in [3.05, 3.63) is 46.6 Å². The molecular formula is C12H10FNO4S2. The highest BCUT2D eigenvalue weighted by atomic mass is 32.2. The second kappa shape index (κ2) is 5.22. The first-order valence-electron chi connectivity index (χ1n) is 5.42. The Morgan fingerprint density at radius 3 is 2.40 bits per heavy atom. The minimum absolute atomic E-state index is 0.0711. The average molecular weight is 315 g/mol. The van der Waals surface area contributed by atoms with E-state index >= 15 is 0 Å². The first-order chi connectivity index (χ1) is 9.29. The van der Waals surface area contributed by atoms with E-state index in [0.717, 1.165) is 35.6 Å². The monoisotopic (exact) mass is 315 g/mol. The van der Waals surface area contributed by atoms with Crippen molar-refractivity contribution in [3.63, 3.8) is 0 Å². The SMILES string of the molecule is Cc1cc(NS(=O)(=O)c2ccc(F)cc2)sc1C(=O)O. The number of sulfonamides is 1. The molecule has 2 N–H and O–H groups in total. The third-order valence-electron chi connectivity index (χ3n) is 2.47. The lowest BCUT2D eigenvalue weighted by Crippen LogP contribution is -2.11. The third kappa shape index (κ3) is 2.97. The van der Waals surface area contributed by atoms with Crippen molar-refractivity contribution in [2.45, 2.75) is 11.8 Å². The van der Waals surface area contributed by atoms with E-state index in [-0.39, 0.29) is 14.8 Å². The topological polar surface area (TPSA) is 83.5 Å². The number of benzene rings is 1. The molecule has 0 fully saturated rings. The standard InChI is InChI=1S/C12H10FNO4S2/c1-7-6-10(19-11(7)12(15)16)14-20(17,18)9-4-2-8(13)3-5-9/h2-6,14H,1H3,(H,15,16). The molecule has 20 heavy (non-hydrogen) atoms. The van der Waals surface area contributed by atoms with Crippen molar-refractivity contribution in [1.29, 1.82) is 0 Å². The second-order valence-corrected chi connectivity index (χ2v) is 6.72. The Hall–Kier alpha value is -1.93. The van der Waals surface area contributed by atoms with E-state index in [1.54, 1.807) is 6.92 Å². The lowest BCUT2D eigenvalue weighted by molar-refractivity contribution is 0.0701. The van der Waals surface area contributed by atoms with Crippen LogP contribution in [0.15, 0.2) is 35.2 Å². The fourth-order valence-corrected chi connectivity index (χ4v) is 3.74. The number of carboxylic acid groups (broad SMARTS) is 1. The molecule has 0 aliphatic rings. The number of halogens is 1. The van der Waals surface area contributed by atoms with Crippen LogP contribution in [0.25, 0.3) is 0 Å². The van der Waals surface area contributed by atoms with Crippen LogP contribution in [0, 0.1) is 12.7 Å². The smallest absolute Gasteiger partial charge is 0.346 e. The molecule has 2 aromatic rings. The summed E-state index contributed by atoms with van der Waals surface area (Å²) in [6, 6.07) is 5.79. The highest BCUT2D eigenvalue weighted by Gasteiger charge is 2.18. The highest BCUT2D eigenvalue weighted by Crippen LogP contribution is 2.28. The summed E-state index contributed by atoms with van der Waals surface area (Å²) in [5.41, 5.74) is 0.472. The second-order valence-electron chi connectivity index (χ2n) is 3.99. The zero-order valence-electron chi connectivity index (χ0n) is 10.3. The summed E-state index contributed by atoms with van der Waals surface area (Å²) in [5, 5.41) is 9.11. The van der Waals surface area contributed by atoms with Gasteiger partial charge in [0.15, 0.2) is 0 Å². The Morgan fingerprint density at radius 2 is 1.90 bits per heavy atom. The molecule has 2 rings (SSSR count). The molecular weight excluding hydrogens is 305 g/mol. The van der Waals surface area contributed by atoms with Crippen LogP contribution in [0.1, 0.15) is 15.2 Å². The number of carboxylic acids is 1. The minimum Gasteiger partial charge on any atom is -0.477 e. The van der Waals surface area contributed by atoms with Gasteiger partial charge in [-0.1, -0.05) is 0 Å². The molecule has 1 aromatic carbocycles. The first kappa shape index (κ1) is 14.5.